The highest BCUT2D eigenvalue weighted by molar-refractivity contribution is 5.49. The first-order valence-electron chi connectivity index (χ1n) is 7.95. The number of nitrogens with zero attached hydrogens (tertiary/aromatic N) is 1. The van der Waals surface area contributed by atoms with Crippen LogP contribution in [-0.2, 0) is 6.54 Å². The van der Waals surface area contributed by atoms with Crippen molar-refractivity contribution in [2.75, 3.05) is 18.0 Å². The smallest absolute Gasteiger partial charge is 0.0369 e. The number of hydrogen-bond donors (Lipinski definition) is 1. The third-order valence-corrected chi connectivity index (χ3v) is 4.84. The average molecular weight is 258 g/mol. The van der Waals surface area contributed by atoms with Crippen molar-refractivity contribution in [1.29, 1.82) is 0 Å². The van der Waals surface area contributed by atoms with Gasteiger partial charge in [0.1, 0.15) is 0 Å². The minimum absolute atomic E-state index is 0.827. The second-order valence-corrected chi connectivity index (χ2v) is 6.04. The van der Waals surface area contributed by atoms with Gasteiger partial charge in [-0.2, -0.15) is 0 Å². The minimum atomic E-state index is 0.827. The van der Waals surface area contributed by atoms with E-state index >= 15 is 0 Å². The van der Waals surface area contributed by atoms with Gasteiger partial charge in [-0.3, -0.25) is 0 Å². The van der Waals surface area contributed by atoms with E-state index in [9.17, 15) is 0 Å². The lowest BCUT2D eigenvalue weighted by Gasteiger charge is -2.39. The molecule has 0 aromatic heterocycles. The molecule has 2 heteroatoms. The molecule has 1 saturated heterocycles. The Kier molecular flexibility index (Phi) is 4.07. The summed E-state index contributed by atoms with van der Waals surface area (Å²) < 4.78 is 0. The van der Waals surface area contributed by atoms with Gasteiger partial charge >= 0.3 is 0 Å². The lowest BCUT2D eigenvalue weighted by Crippen LogP contribution is -2.42. The van der Waals surface area contributed by atoms with E-state index in [0.29, 0.717) is 0 Å². The van der Waals surface area contributed by atoms with Gasteiger partial charge in [-0.1, -0.05) is 25.5 Å². The lowest BCUT2D eigenvalue weighted by atomic mass is 9.91. The van der Waals surface area contributed by atoms with Crippen LogP contribution in [0.15, 0.2) is 24.3 Å². The van der Waals surface area contributed by atoms with Crippen LogP contribution >= 0.6 is 0 Å². The van der Waals surface area contributed by atoms with Gasteiger partial charge in [0.25, 0.3) is 0 Å². The van der Waals surface area contributed by atoms with E-state index in [2.05, 4.69) is 41.4 Å². The molecular formula is C17H26N2. The summed E-state index contributed by atoms with van der Waals surface area (Å²) in [6.07, 6.45) is 7.13. The fraction of sp³-hybridized carbons (Fsp3) is 0.647. The lowest BCUT2D eigenvalue weighted by molar-refractivity contribution is 0.362. The minimum Gasteiger partial charge on any atom is -0.368 e. The molecule has 1 saturated carbocycles. The molecule has 2 aliphatic rings. The van der Waals surface area contributed by atoms with Gasteiger partial charge in [0.2, 0.25) is 0 Å². The number of nitrogens with one attached hydrogen (secondary N) is 1. The van der Waals surface area contributed by atoms with E-state index in [4.69, 9.17) is 0 Å². The molecule has 2 unspecified atom stereocenters. The van der Waals surface area contributed by atoms with E-state index in [-0.39, 0.29) is 0 Å². The van der Waals surface area contributed by atoms with Crippen LogP contribution in [0.5, 0.6) is 0 Å². The van der Waals surface area contributed by atoms with Gasteiger partial charge in [0.05, 0.1) is 0 Å². The summed E-state index contributed by atoms with van der Waals surface area (Å²) in [7, 11) is 0. The van der Waals surface area contributed by atoms with Crippen molar-refractivity contribution in [2.24, 2.45) is 5.92 Å². The van der Waals surface area contributed by atoms with E-state index in [1.807, 2.05) is 0 Å². The highest BCUT2D eigenvalue weighted by atomic mass is 15.2. The molecule has 1 aromatic rings. The van der Waals surface area contributed by atoms with Crippen LogP contribution in [0.1, 0.15) is 44.6 Å². The Balaban J connectivity index is 1.70. The standard InChI is InChI=1S/C17H26N2/c1-2-18-13-14-8-10-16(11-9-14)19-12-4-6-15-5-3-7-17(15)19/h8-11,15,17-18H,2-7,12-13H2,1H3. The predicted octanol–water partition coefficient (Wildman–Crippen LogP) is 3.57. The monoisotopic (exact) mass is 258 g/mol. The number of hydrogen-bond acceptors (Lipinski definition) is 2. The molecule has 1 heterocycles. The molecule has 3 rings (SSSR count). The van der Waals surface area contributed by atoms with Crippen LogP contribution in [0, 0.1) is 5.92 Å². The van der Waals surface area contributed by atoms with Crippen LogP contribution in [-0.4, -0.2) is 19.1 Å². The summed E-state index contributed by atoms with van der Waals surface area (Å²) in [5.41, 5.74) is 2.84. The highest BCUT2D eigenvalue weighted by Crippen LogP contribution is 2.39. The van der Waals surface area contributed by atoms with E-state index < -0.39 is 0 Å². The van der Waals surface area contributed by atoms with Crippen LogP contribution in [0.4, 0.5) is 5.69 Å². The number of piperidine rings is 1. The van der Waals surface area contributed by atoms with Gasteiger partial charge in [0, 0.05) is 24.8 Å². The molecule has 0 spiro atoms. The molecule has 1 aliphatic carbocycles. The van der Waals surface area contributed by atoms with Crippen LogP contribution in [0.3, 0.4) is 0 Å². The summed E-state index contributed by atoms with van der Waals surface area (Å²) >= 11 is 0. The molecule has 0 radical (unpaired) electrons. The fourth-order valence-electron chi connectivity index (χ4n) is 3.85. The molecule has 2 nitrogen and oxygen atoms in total. The van der Waals surface area contributed by atoms with Crippen LogP contribution in [0.25, 0.3) is 0 Å². The second-order valence-electron chi connectivity index (χ2n) is 6.04. The quantitative estimate of drug-likeness (QED) is 0.888. The third-order valence-electron chi connectivity index (χ3n) is 4.84. The van der Waals surface area contributed by atoms with Crippen molar-refractivity contribution in [3.05, 3.63) is 29.8 Å². The predicted molar refractivity (Wildman–Crippen MR) is 81.5 cm³/mol. The Labute approximate surface area is 117 Å². The zero-order valence-electron chi connectivity index (χ0n) is 12.1. The van der Waals surface area contributed by atoms with Crippen LogP contribution in [0.2, 0.25) is 0 Å². The Hall–Kier alpha value is -1.02. The Morgan fingerprint density at radius 3 is 2.68 bits per heavy atom. The summed E-state index contributed by atoms with van der Waals surface area (Å²) in [4.78, 5) is 2.68. The molecular weight excluding hydrogens is 232 g/mol. The number of anilines is 1. The molecule has 1 aliphatic heterocycles. The Morgan fingerprint density at radius 1 is 1.11 bits per heavy atom. The Bertz CT molecular complexity index is 398. The Morgan fingerprint density at radius 2 is 1.89 bits per heavy atom. The molecule has 0 bridgehead atoms. The molecule has 2 fully saturated rings. The molecule has 1 N–H and O–H groups in total. The zero-order chi connectivity index (χ0) is 13.1. The van der Waals surface area contributed by atoms with Gasteiger partial charge < -0.3 is 10.2 Å². The van der Waals surface area contributed by atoms with Crippen molar-refractivity contribution >= 4 is 5.69 Å². The topological polar surface area (TPSA) is 15.3 Å². The fourth-order valence-corrected chi connectivity index (χ4v) is 3.85. The SMILES string of the molecule is CCNCc1ccc(N2CCCC3CCCC32)cc1. The summed E-state index contributed by atoms with van der Waals surface area (Å²) in [6, 6.07) is 10.1. The van der Waals surface area contributed by atoms with Crippen molar-refractivity contribution < 1.29 is 0 Å². The van der Waals surface area contributed by atoms with E-state index in [1.165, 1.54) is 49.9 Å². The number of fused-ring (bicyclic) bond motifs is 1. The van der Waals surface area contributed by atoms with Crippen molar-refractivity contribution in [1.82, 2.24) is 5.32 Å². The molecule has 104 valence electrons. The third kappa shape index (κ3) is 2.79. The highest BCUT2D eigenvalue weighted by Gasteiger charge is 2.34. The molecule has 1 aromatic carbocycles. The summed E-state index contributed by atoms with van der Waals surface area (Å²) in [5.74, 6) is 0.968. The average Bonchev–Trinajstić information content (AvgIpc) is 2.94. The van der Waals surface area contributed by atoms with Crippen molar-refractivity contribution in [2.45, 2.75) is 51.6 Å². The normalized spacial score (nSPS) is 26.5. The molecule has 19 heavy (non-hydrogen) atoms. The van der Waals surface area contributed by atoms with Crippen molar-refractivity contribution in [3.8, 4) is 0 Å². The van der Waals surface area contributed by atoms with Gasteiger partial charge in [-0.05, 0) is 55.8 Å². The van der Waals surface area contributed by atoms with Crippen LogP contribution < -0.4 is 10.2 Å². The number of benzene rings is 1. The van der Waals surface area contributed by atoms with Crippen molar-refractivity contribution in [3.63, 3.8) is 0 Å². The summed E-state index contributed by atoms with van der Waals surface area (Å²) in [5, 5.41) is 3.39. The second kappa shape index (κ2) is 5.96. The first-order valence-corrected chi connectivity index (χ1v) is 7.95. The maximum atomic E-state index is 3.39. The maximum Gasteiger partial charge on any atom is 0.0369 e. The van der Waals surface area contributed by atoms with Gasteiger partial charge in [-0.25, -0.2) is 0 Å². The largest absolute Gasteiger partial charge is 0.368 e. The first kappa shape index (κ1) is 13.0. The summed E-state index contributed by atoms with van der Waals surface area (Å²) in [6.45, 7) is 5.44. The zero-order valence-corrected chi connectivity index (χ0v) is 12.1. The molecule has 2 atom stereocenters. The maximum absolute atomic E-state index is 3.39. The van der Waals surface area contributed by atoms with Gasteiger partial charge in [-0.15, -0.1) is 0 Å². The van der Waals surface area contributed by atoms with Gasteiger partial charge in [0.15, 0.2) is 0 Å². The number of rotatable bonds is 4. The van der Waals surface area contributed by atoms with E-state index in [0.717, 1.165) is 25.0 Å². The first-order chi connectivity index (χ1) is 9.38. The molecule has 0 amide bonds. The van der Waals surface area contributed by atoms with E-state index in [1.54, 1.807) is 0 Å².